The Morgan fingerprint density at radius 1 is 0.339 bits per heavy atom. The van der Waals surface area contributed by atoms with Crippen molar-refractivity contribution in [2.45, 2.75) is 0 Å². The summed E-state index contributed by atoms with van der Waals surface area (Å²) in [6.45, 7) is 0. The Balaban J connectivity index is 0.940. The molecular formula is C53H33N5O. The highest BCUT2D eigenvalue weighted by Crippen LogP contribution is 2.41. The molecule has 0 unspecified atom stereocenters. The maximum Gasteiger partial charge on any atom is 0.228 e. The molecule has 0 fully saturated rings. The zero-order valence-electron chi connectivity index (χ0n) is 31.7. The number of hydrogen-bond donors (Lipinski definition) is 0. The van der Waals surface area contributed by atoms with Gasteiger partial charge in [-0.3, -0.25) is 4.98 Å². The smallest absolute Gasteiger partial charge is 0.228 e. The molecule has 0 amide bonds. The van der Waals surface area contributed by atoms with Gasteiger partial charge in [-0.2, -0.15) is 0 Å². The fourth-order valence-corrected chi connectivity index (χ4v) is 7.88. The fourth-order valence-electron chi connectivity index (χ4n) is 7.88. The third-order valence-electron chi connectivity index (χ3n) is 10.8. The van der Waals surface area contributed by atoms with E-state index in [9.17, 15) is 0 Å². The van der Waals surface area contributed by atoms with Crippen LogP contribution in [-0.2, 0) is 0 Å². The zero-order valence-corrected chi connectivity index (χ0v) is 31.7. The van der Waals surface area contributed by atoms with E-state index in [0.29, 0.717) is 23.2 Å². The third kappa shape index (κ3) is 6.39. The van der Waals surface area contributed by atoms with E-state index < -0.39 is 0 Å². The minimum atomic E-state index is 0.612. The Labute approximate surface area is 340 Å². The van der Waals surface area contributed by atoms with Crippen LogP contribution in [0.1, 0.15) is 0 Å². The standard InChI is InChI=1S/C53H33N5O/c1-3-12-34(13-4-1)35-27-29-39(30-28-35)51-56-50(38-14-5-2-6-15-38)57-52(58-51)43-19-10-17-41(33-43)37-25-23-36(24-26-37)40-16-9-18-42(32-40)47-48-44-20-7-8-22-46(44)59-53(48)55-45-21-11-31-54-49(45)47/h1-33H. The molecule has 276 valence electrons. The molecule has 11 rings (SSSR count). The molecule has 6 nitrogen and oxygen atoms in total. The molecule has 0 spiro atoms. The SMILES string of the molecule is c1ccc(-c2ccc(-c3nc(-c4ccccc4)nc(-c4cccc(-c5ccc(-c6cccc(-c7c8ncccc8nc8oc9ccccc9c78)c6)cc5)c4)n3)cc2)cc1. The van der Waals surface area contributed by atoms with Gasteiger partial charge in [0.15, 0.2) is 17.5 Å². The van der Waals surface area contributed by atoms with Crippen LogP contribution in [0.3, 0.4) is 0 Å². The number of hydrogen-bond acceptors (Lipinski definition) is 6. The Bertz CT molecular complexity index is 3310. The molecule has 0 saturated heterocycles. The highest BCUT2D eigenvalue weighted by molar-refractivity contribution is 6.17. The summed E-state index contributed by atoms with van der Waals surface area (Å²) < 4.78 is 6.25. The molecule has 0 aliphatic heterocycles. The minimum Gasteiger partial charge on any atom is -0.438 e. The molecular weight excluding hydrogens is 723 g/mol. The summed E-state index contributed by atoms with van der Waals surface area (Å²) in [5.41, 5.74) is 14.6. The molecule has 0 aliphatic carbocycles. The van der Waals surface area contributed by atoms with E-state index in [1.165, 1.54) is 5.56 Å². The average Bonchev–Trinajstić information content (AvgIpc) is 3.69. The summed E-state index contributed by atoms with van der Waals surface area (Å²) in [6, 6.07) is 66.6. The first kappa shape index (κ1) is 34.2. The van der Waals surface area contributed by atoms with Crippen LogP contribution in [0.2, 0.25) is 0 Å². The Morgan fingerprint density at radius 2 is 0.814 bits per heavy atom. The van der Waals surface area contributed by atoms with Crippen LogP contribution in [0.15, 0.2) is 205 Å². The Kier molecular flexibility index (Phi) is 8.37. The number of aromatic nitrogens is 5. The lowest BCUT2D eigenvalue weighted by Crippen LogP contribution is -2.00. The molecule has 59 heavy (non-hydrogen) atoms. The Morgan fingerprint density at radius 3 is 1.49 bits per heavy atom. The number of nitrogens with zero attached hydrogens (tertiary/aromatic N) is 5. The van der Waals surface area contributed by atoms with Crippen LogP contribution >= 0.6 is 0 Å². The number of para-hydroxylation sites is 1. The van der Waals surface area contributed by atoms with E-state index in [0.717, 1.165) is 83.0 Å². The summed E-state index contributed by atoms with van der Waals surface area (Å²) in [7, 11) is 0. The second-order valence-electron chi connectivity index (χ2n) is 14.5. The van der Waals surface area contributed by atoms with Gasteiger partial charge in [-0.25, -0.2) is 19.9 Å². The van der Waals surface area contributed by atoms with Gasteiger partial charge in [0.2, 0.25) is 5.71 Å². The second-order valence-corrected chi connectivity index (χ2v) is 14.5. The van der Waals surface area contributed by atoms with Crippen molar-refractivity contribution in [2.24, 2.45) is 0 Å². The van der Waals surface area contributed by atoms with Crippen molar-refractivity contribution in [1.82, 2.24) is 24.9 Å². The van der Waals surface area contributed by atoms with Crippen LogP contribution in [-0.4, -0.2) is 24.9 Å². The Hall–Kier alpha value is -8.09. The maximum atomic E-state index is 6.25. The summed E-state index contributed by atoms with van der Waals surface area (Å²) in [4.78, 5) is 24.7. The van der Waals surface area contributed by atoms with Crippen molar-refractivity contribution in [3.63, 3.8) is 0 Å². The van der Waals surface area contributed by atoms with E-state index in [4.69, 9.17) is 29.3 Å². The van der Waals surface area contributed by atoms with E-state index in [1.54, 1.807) is 0 Å². The largest absolute Gasteiger partial charge is 0.438 e. The van der Waals surface area contributed by atoms with E-state index in [1.807, 2.05) is 72.9 Å². The van der Waals surface area contributed by atoms with Gasteiger partial charge in [0, 0.05) is 33.8 Å². The molecule has 0 radical (unpaired) electrons. The lowest BCUT2D eigenvalue weighted by atomic mass is 9.94. The van der Waals surface area contributed by atoms with E-state index >= 15 is 0 Å². The number of rotatable bonds is 7. The van der Waals surface area contributed by atoms with Crippen LogP contribution in [0.4, 0.5) is 0 Å². The second kappa shape index (κ2) is 14.4. The minimum absolute atomic E-state index is 0.612. The molecule has 0 aliphatic rings. The lowest BCUT2D eigenvalue weighted by Gasteiger charge is -2.11. The van der Waals surface area contributed by atoms with Gasteiger partial charge in [-0.15, -0.1) is 0 Å². The average molecular weight is 756 g/mol. The van der Waals surface area contributed by atoms with Crippen molar-refractivity contribution in [3.8, 4) is 78.7 Å². The van der Waals surface area contributed by atoms with Gasteiger partial charge in [-0.1, -0.05) is 164 Å². The molecule has 7 aromatic carbocycles. The highest BCUT2D eigenvalue weighted by atomic mass is 16.3. The predicted molar refractivity (Wildman–Crippen MR) is 238 cm³/mol. The summed E-state index contributed by atoms with van der Waals surface area (Å²) in [6.07, 6.45) is 1.83. The van der Waals surface area contributed by atoms with Crippen LogP contribution in [0, 0.1) is 0 Å². The van der Waals surface area contributed by atoms with Gasteiger partial charge < -0.3 is 4.42 Å². The highest BCUT2D eigenvalue weighted by Gasteiger charge is 2.19. The molecule has 11 aromatic rings. The number of benzene rings is 7. The van der Waals surface area contributed by atoms with Gasteiger partial charge in [0.1, 0.15) is 5.58 Å². The van der Waals surface area contributed by atoms with Gasteiger partial charge in [0.25, 0.3) is 0 Å². The third-order valence-corrected chi connectivity index (χ3v) is 10.8. The van der Waals surface area contributed by atoms with Crippen molar-refractivity contribution in [2.75, 3.05) is 0 Å². The van der Waals surface area contributed by atoms with Crippen molar-refractivity contribution < 1.29 is 4.42 Å². The summed E-state index contributed by atoms with van der Waals surface area (Å²) in [5.74, 6) is 1.88. The molecule has 0 bridgehead atoms. The lowest BCUT2D eigenvalue weighted by molar-refractivity contribution is 0.656. The first-order valence-corrected chi connectivity index (χ1v) is 19.6. The van der Waals surface area contributed by atoms with E-state index in [-0.39, 0.29) is 0 Å². The summed E-state index contributed by atoms with van der Waals surface area (Å²) in [5, 5.41) is 2.00. The molecule has 0 atom stereocenters. The van der Waals surface area contributed by atoms with Crippen molar-refractivity contribution in [1.29, 1.82) is 0 Å². The monoisotopic (exact) mass is 755 g/mol. The van der Waals surface area contributed by atoms with Crippen LogP contribution in [0.5, 0.6) is 0 Å². The summed E-state index contributed by atoms with van der Waals surface area (Å²) >= 11 is 0. The topological polar surface area (TPSA) is 77.6 Å². The first-order valence-electron chi connectivity index (χ1n) is 19.6. The van der Waals surface area contributed by atoms with Gasteiger partial charge in [0.05, 0.1) is 16.4 Å². The van der Waals surface area contributed by atoms with Crippen molar-refractivity contribution in [3.05, 3.63) is 200 Å². The zero-order chi connectivity index (χ0) is 39.1. The van der Waals surface area contributed by atoms with E-state index in [2.05, 4.69) is 127 Å². The fraction of sp³-hybridized carbons (Fsp3) is 0. The predicted octanol–water partition coefficient (Wildman–Crippen LogP) is 13.4. The molecule has 0 saturated carbocycles. The number of fused-ring (bicyclic) bond motifs is 4. The van der Waals surface area contributed by atoms with Crippen LogP contribution < -0.4 is 0 Å². The maximum absolute atomic E-state index is 6.25. The normalized spacial score (nSPS) is 11.4. The quantitative estimate of drug-likeness (QED) is 0.161. The van der Waals surface area contributed by atoms with Crippen LogP contribution in [0.25, 0.3) is 112 Å². The van der Waals surface area contributed by atoms with Crippen molar-refractivity contribution >= 4 is 33.1 Å². The molecule has 4 heterocycles. The molecule has 0 N–H and O–H groups in total. The first-order chi connectivity index (χ1) is 29.2. The van der Waals surface area contributed by atoms with Gasteiger partial charge in [-0.05, 0) is 69.3 Å². The molecule has 6 heteroatoms. The number of pyridine rings is 2. The van der Waals surface area contributed by atoms with Gasteiger partial charge >= 0.3 is 0 Å². The molecule has 4 aromatic heterocycles. The number of furan rings is 1.